The Morgan fingerprint density at radius 1 is 1.29 bits per heavy atom. The number of ether oxygens (including phenoxy) is 1. The normalized spacial score (nSPS) is 25.1. The van der Waals surface area contributed by atoms with Gasteiger partial charge in [-0.3, -0.25) is 5.10 Å². The standard InChI is InChI=1S/C21H25FN4O4S/c1-21(6-7-21)24-20(27)30-14-4-2-12(8-14)17-9-18(26-25-17)23-16-5-3-13-10-31(28,29)11-15(13)19(16)22/h3,5,9,12,14H,2,4,6-8,10-11H2,1H3,(H,24,27)(H2,23,25,26). The summed E-state index contributed by atoms with van der Waals surface area (Å²) in [6.45, 7) is 2.01. The minimum atomic E-state index is -3.28. The maximum absolute atomic E-state index is 14.8. The topological polar surface area (TPSA) is 113 Å². The summed E-state index contributed by atoms with van der Waals surface area (Å²) in [6, 6.07) is 5.01. The number of anilines is 2. The third kappa shape index (κ3) is 4.26. The van der Waals surface area contributed by atoms with E-state index in [1.807, 2.05) is 13.0 Å². The molecule has 10 heteroatoms. The van der Waals surface area contributed by atoms with Gasteiger partial charge < -0.3 is 15.4 Å². The molecule has 1 aromatic carbocycles. The molecule has 2 saturated carbocycles. The predicted octanol–water partition coefficient (Wildman–Crippen LogP) is 3.64. The monoisotopic (exact) mass is 448 g/mol. The Morgan fingerprint density at radius 3 is 2.87 bits per heavy atom. The van der Waals surface area contributed by atoms with E-state index in [0.29, 0.717) is 17.8 Å². The first-order valence-corrected chi connectivity index (χ1v) is 12.3. The number of fused-ring (bicyclic) bond motifs is 1. The van der Waals surface area contributed by atoms with Gasteiger partial charge in [-0.25, -0.2) is 17.6 Å². The van der Waals surface area contributed by atoms with E-state index in [9.17, 15) is 17.6 Å². The van der Waals surface area contributed by atoms with Gasteiger partial charge in [-0.15, -0.1) is 0 Å². The van der Waals surface area contributed by atoms with Gasteiger partial charge >= 0.3 is 6.09 Å². The van der Waals surface area contributed by atoms with Gasteiger partial charge in [0.25, 0.3) is 0 Å². The van der Waals surface area contributed by atoms with Crippen molar-refractivity contribution < 1.29 is 22.3 Å². The summed E-state index contributed by atoms with van der Waals surface area (Å²) in [4.78, 5) is 12.0. The molecule has 2 fully saturated rings. The number of hydrogen-bond donors (Lipinski definition) is 3. The van der Waals surface area contributed by atoms with E-state index < -0.39 is 15.7 Å². The van der Waals surface area contributed by atoms with Crippen LogP contribution in [0.1, 0.15) is 61.8 Å². The number of sulfone groups is 1. The number of alkyl carbamates (subject to hydrolysis) is 1. The molecule has 0 radical (unpaired) electrons. The summed E-state index contributed by atoms with van der Waals surface area (Å²) in [5.41, 5.74) is 1.74. The van der Waals surface area contributed by atoms with Crippen molar-refractivity contribution in [3.05, 3.63) is 40.8 Å². The van der Waals surface area contributed by atoms with Crippen LogP contribution in [0.5, 0.6) is 0 Å². The molecule has 2 aromatic rings. The molecule has 0 saturated heterocycles. The number of aromatic amines is 1. The Balaban J connectivity index is 1.21. The van der Waals surface area contributed by atoms with Gasteiger partial charge in [0.15, 0.2) is 21.5 Å². The Hall–Kier alpha value is -2.62. The zero-order valence-electron chi connectivity index (χ0n) is 17.2. The van der Waals surface area contributed by atoms with Crippen molar-refractivity contribution >= 4 is 27.4 Å². The maximum Gasteiger partial charge on any atom is 0.407 e. The van der Waals surface area contributed by atoms with E-state index in [-0.39, 0.29) is 46.4 Å². The molecule has 166 valence electrons. The number of carbonyl (C=O) groups is 1. The molecule has 8 nitrogen and oxygen atoms in total. The minimum Gasteiger partial charge on any atom is -0.446 e. The van der Waals surface area contributed by atoms with Gasteiger partial charge in [0.1, 0.15) is 6.10 Å². The first-order chi connectivity index (χ1) is 14.7. The molecule has 3 N–H and O–H groups in total. The first kappa shape index (κ1) is 20.3. The highest BCUT2D eigenvalue weighted by molar-refractivity contribution is 7.90. The summed E-state index contributed by atoms with van der Waals surface area (Å²) in [6.07, 6.45) is 3.83. The Bertz CT molecular complexity index is 1140. The zero-order valence-corrected chi connectivity index (χ0v) is 18.0. The number of rotatable bonds is 5. The fraction of sp³-hybridized carbons (Fsp3) is 0.524. The van der Waals surface area contributed by atoms with Crippen LogP contribution < -0.4 is 10.6 Å². The number of benzene rings is 1. The van der Waals surface area contributed by atoms with Crippen molar-refractivity contribution in [3.8, 4) is 0 Å². The van der Waals surface area contributed by atoms with Crippen LogP contribution in [0.3, 0.4) is 0 Å². The number of H-pyrrole nitrogens is 1. The molecule has 1 amide bonds. The van der Waals surface area contributed by atoms with Crippen LogP contribution in [0.25, 0.3) is 0 Å². The third-order valence-corrected chi connectivity index (χ3v) is 7.92. The molecule has 0 bridgehead atoms. The fourth-order valence-electron chi connectivity index (χ4n) is 4.37. The number of nitrogens with zero attached hydrogens (tertiary/aromatic N) is 1. The van der Waals surface area contributed by atoms with Crippen LogP contribution in [0.4, 0.5) is 20.7 Å². The second-order valence-corrected chi connectivity index (χ2v) is 11.2. The summed E-state index contributed by atoms with van der Waals surface area (Å²) in [5.74, 6) is -0.307. The quantitative estimate of drug-likeness (QED) is 0.644. The highest BCUT2D eigenvalue weighted by atomic mass is 32.2. The van der Waals surface area contributed by atoms with E-state index in [1.165, 1.54) is 0 Å². The van der Waals surface area contributed by atoms with Crippen LogP contribution in [0.2, 0.25) is 0 Å². The largest absolute Gasteiger partial charge is 0.446 e. The lowest BCUT2D eigenvalue weighted by molar-refractivity contribution is 0.0967. The lowest BCUT2D eigenvalue weighted by Crippen LogP contribution is -2.36. The minimum absolute atomic E-state index is 0.101. The number of aromatic nitrogens is 2. The number of hydrogen-bond acceptors (Lipinski definition) is 6. The van der Waals surface area contributed by atoms with Crippen LogP contribution in [0.15, 0.2) is 18.2 Å². The smallest absolute Gasteiger partial charge is 0.407 e. The Morgan fingerprint density at radius 2 is 2.10 bits per heavy atom. The van der Waals surface area contributed by atoms with Crippen molar-refractivity contribution in [1.82, 2.24) is 15.5 Å². The summed E-state index contributed by atoms with van der Waals surface area (Å²) in [5, 5.41) is 13.1. The average Bonchev–Trinajstić information content (AvgIpc) is 3.08. The lowest BCUT2D eigenvalue weighted by Gasteiger charge is -2.16. The van der Waals surface area contributed by atoms with Gasteiger partial charge in [-0.2, -0.15) is 5.10 Å². The van der Waals surface area contributed by atoms with E-state index in [0.717, 1.165) is 31.4 Å². The zero-order chi connectivity index (χ0) is 21.8. The van der Waals surface area contributed by atoms with E-state index in [1.54, 1.807) is 12.1 Å². The van der Waals surface area contributed by atoms with E-state index in [2.05, 4.69) is 20.8 Å². The van der Waals surface area contributed by atoms with Crippen molar-refractivity contribution in [2.45, 2.75) is 68.1 Å². The summed E-state index contributed by atoms with van der Waals surface area (Å²) >= 11 is 0. The van der Waals surface area contributed by atoms with Crippen LogP contribution in [0, 0.1) is 5.82 Å². The molecule has 31 heavy (non-hydrogen) atoms. The summed E-state index contributed by atoms with van der Waals surface area (Å²) in [7, 11) is -3.28. The molecule has 2 heterocycles. The Labute approximate surface area is 179 Å². The second kappa shape index (κ2) is 7.22. The van der Waals surface area contributed by atoms with Gasteiger partial charge in [-0.1, -0.05) is 6.07 Å². The van der Waals surface area contributed by atoms with Crippen molar-refractivity contribution in [3.63, 3.8) is 0 Å². The molecule has 2 unspecified atom stereocenters. The Kier molecular flexibility index (Phi) is 4.72. The lowest BCUT2D eigenvalue weighted by atomic mass is 10.0. The number of halogens is 1. The fourth-order valence-corrected chi connectivity index (χ4v) is 5.97. The molecule has 2 aliphatic carbocycles. The molecule has 3 aliphatic rings. The molecular formula is C21H25FN4O4S. The molecule has 0 spiro atoms. The number of amides is 1. The van der Waals surface area contributed by atoms with Gasteiger partial charge in [-0.05, 0) is 50.7 Å². The van der Waals surface area contributed by atoms with Crippen LogP contribution >= 0.6 is 0 Å². The molecular weight excluding hydrogens is 423 g/mol. The number of nitrogens with one attached hydrogen (secondary N) is 3. The molecule has 5 rings (SSSR count). The van der Waals surface area contributed by atoms with Crippen molar-refractivity contribution in [2.75, 3.05) is 5.32 Å². The van der Waals surface area contributed by atoms with Gasteiger partial charge in [0, 0.05) is 28.8 Å². The SMILES string of the molecule is CC1(NC(=O)OC2CCC(c3cc(Nc4ccc5c(c4F)CS(=O)(=O)C5)n[nH]3)C2)CC1. The predicted molar refractivity (Wildman–Crippen MR) is 112 cm³/mol. The van der Waals surface area contributed by atoms with Crippen LogP contribution in [-0.2, 0) is 26.1 Å². The molecule has 2 atom stereocenters. The highest BCUT2D eigenvalue weighted by Crippen LogP contribution is 2.38. The maximum atomic E-state index is 14.8. The second-order valence-electron chi connectivity index (χ2n) is 9.15. The van der Waals surface area contributed by atoms with E-state index in [4.69, 9.17) is 4.74 Å². The number of carbonyl (C=O) groups excluding carboxylic acids is 1. The van der Waals surface area contributed by atoms with E-state index >= 15 is 0 Å². The van der Waals surface area contributed by atoms with Gasteiger partial charge in [0.2, 0.25) is 0 Å². The third-order valence-electron chi connectivity index (χ3n) is 6.44. The van der Waals surface area contributed by atoms with Crippen molar-refractivity contribution in [2.24, 2.45) is 0 Å². The first-order valence-electron chi connectivity index (χ1n) is 10.5. The molecule has 1 aromatic heterocycles. The van der Waals surface area contributed by atoms with Crippen molar-refractivity contribution in [1.29, 1.82) is 0 Å². The molecule has 1 aliphatic heterocycles. The highest BCUT2D eigenvalue weighted by Gasteiger charge is 2.40. The average molecular weight is 449 g/mol. The summed E-state index contributed by atoms with van der Waals surface area (Å²) < 4.78 is 43.9. The van der Waals surface area contributed by atoms with Gasteiger partial charge in [0.05, 0.1) is 17.2 Å². The van der Waals surface area contributed by atoms with Crippen LogP contribution in [-0.4, -0.2) is 36.4 Å².